The van der Waals surface area contributed by atoms with Gasteiger partial charge in [-0.3, -0.25) is 9.36 Å². The van der Waals surface area contributed by atoms with Crippen LogP contribution in [0.1, 0.15) is 24.8 Å². The molecule has 0 aliphatic heterocycles. The van der Waals surface area contributed by atoms with Crippen LogP contribution in [0, 0.1) is 0 Å². The van der Waals surface area contributed by atoms with Crippen molar-refractivity contribution >= 4 is 24.3 Å². The molecule has 0 bridgehead atoms. The molecule has 0 aliphatic carbocycles. The van der Waals surface area contributed by atoms with Crippen LogP contribution in [-0.4, -0.2) is 38.3 Å². The lowest BCUT2D eigenvalue weighted by atomic mass is 9.95. The van der Waals surface area contributed by atoms with E-state index in [9.17, 15) is 9.36 Å². The van der Waals surface area contributed by atoms with Crippen molar-refractivity contribution in [2.45, 2.75) is 19.3 Å². The second-order valence-corrected chi connectivity index (χ2v) is 7.70. The number of hydrogen-bond donors (Lipinski definition) is 1. The van der Waals surface area contributed by atoms with Crippen LogP contribution < -0.4 is 4.74 Å². The van der Waals surface area contributed by atoms with Crippen LogP contribution in [0.3, 0.4) is 0 Å². The summed E-state index contributed by atoms with van der Waals surface area (Å²) < 4.78 is 26.9. The first kappa shape index (κ1) is 17.7. The maximum atomic E-state index is 12.2. The van der Waals surface area contributed by atoms with Crippen LogP contribution in [-0.2, 0) is 18.4 Å². The van der Waals surface area contributed by atoms with Crippen LogP contribution in [0.25, 0.3) is 10.9 Å². The highest BCUT2D eigenvalue weighted by atomic mass is 31.2. The lowest BCUT2D eigenvalue weighted by Crippen LogP contribution is -2.11. The van der Waals surface area contributed by atoms with Gasteiger partial charge in [-0.2, -0.15) is 0 Å². The van der Waals surface area contributed by atoms with Gasteiger partial charge in [-0.25, -0.2) is 0 Å². The number of H-pyrrole nitrogens is 1. The van der Waals surface area contributed by atoms with Gasteiger partial charge in [0.15, 0.2) is 0 Å². The molecule has 0 aliphatic rings. The van der Waals surface area contributed by atoms with Crippen molar-refractivity contribution in [2.75, 3.05) is 27.5 Å². The molecule has 1 atom stereocenters. The Morgan fingerprint density at radius 3 is 2.57 bits per heavy atom. The molecule has 1 heterocycles. The summed E-state index contributed by atoms with van der Waals surface area (Å²) in [6, 6.07) is 5.76. The summed E-state index contributed by atoms with van der Waals surface area (Å²) in [5, 5.41) is 1.02. The minimum Gasteiger partial charge on any atom is -0.497 e. The lowest BCUT2D eigenvalue weighted by Gasteiger charge is -2.14. The second-order valence-electron chi connectivity index (χ2n) is 5.43. The monoisotopic (exact) mass is 339 g/mol. The Bertz CT molecular complexity index is 731. The predicted molar refractivity (Wildman–Crippen MR) is 89.4 cm³/mol. The highest BCUT2D eigenvalue weighted by molar-refractivity contribution is 7.54. The van der Waals surface area contributed by atoms with Crippen molar-refractivity contribution in [3.63, 3.8) is 0 Å². The van der Waals surface area contributed by atoms with E-state index in [1.165, 1.54) is 14.2 Å². The zero-order chi connectivity index (χ0) is 17.0. The fraction of sp³-hybridized carbons (Fsp3) is 0.438. The molecule has 126 valence electrons. The van der Waals surface area contributed by atoms with Gasteiger partial charge in [0, 0.05) is 37.7 Å². The first-order valence-corrected chi connectivity index (χ1v) is 9.02. The molecular formula is C16H22NO5P. The number of fused-ring (bicyclic) bond motifs is 1. The van der Waals surface area contributed by atoms with E-state index in [-0.39, 0.29) is 24.3 Å². The molecule has 2 rings (SSSR count). The highest BCUT2D eigenvalue weighted by Gasteiger charge is 2.27. The average Bonchev–Trinajstić information content (AvgIpc) is 2.97. The Balaban J connectivity index is 2.16. The summed E-state index contributed by atoms with van der Waals surface area (Å²) in [7, 11) is 0.879. The van der Waals surface area contributed by atoms with Gasteiger partial charge in [-0.15, -0.1) is 0 Å². The van der Waals surface area contributed by atoms with Gasteiger partial charge < -0.3 is 18.8 Å². The third-order valence-electron chi connectivity index (χ3n) is 3.91. The van der Waals surface area contributed by atoms with E-state index < -0.39 is 7.60 Å². The van der Waals surface area contributed by atoms with Crippen molar-refractivity contribution in [1.82, 2.24) is 4.98 Å². The van der Waals surface area contributed by atoms with Crippen molar-refractivity contribution < 1.29 is 23.1 Å². The van der Waals surface area contributed by atoms with Crippen LogP contribution in [0.2, 0.25) is 0 Å². The summed E-state index contributed by atoms with van der Waals surface area (Å²) >= 11 is 0. The van der Waals surface area contributed by atoms with Crippen molar-refractivity contribution in [2.24, 2.45) is 0 Å². The normalized spacial score (nSPS) is 13.2. The zero-order valence-corrected chi connectivity index (χ0v) is 14.7. The van der Waals surface area contributed by atoms with E-state index in [1.807, 2.05) is 31.3 Å². The number of carbonyl (C=O) groups is 1. The number of hydrogen-bond acceptors (Lipinski definition) is 5. The third-order valence-corrected chi connectivity index (χ3v) is 5.76. The number of ketones is 1. The van der Waals surface area contributed by atoms with Crippen molar-refractivity contribution in [3.8, 4) is 5.75 Å². The van der Waals surface area contributed by atoms with Gasteiger partial charge in [-0.1, -0.05) is 6.92 Å². The molecule has 7 heteroatoms. The molecule has 6 nitrogen and oxygen atoms in total. The van der Waals surface area contributed by atoms with Crippen molar-refractivity contribution in [3.05, 3.63) is 30.0 Å². The first-order chi connectivity index (χ1) is 10.9. The maximum Gasteiger partial charge on any atom is 0.337 e. The van der Waals surface area contributed by atoms with Crippen LogP contribution in [0.5, 0.6) is 5.75 Å². The fourth-order valence-electron chi connectivity index (χ4n) is 2.59. The quantitative estimate of drug-likeness (QED) is 0.742. The van der Waals surface area contributed by atoms with Crippen LogP contribution in [0.4, 0.5) is 0 Å². The summed E-state index contributed by atoms with van der Waals surface area (Å²) in [6.45, 7) is 1.96. The number of Topliss-reactive ketones (excluding diaryl/α,β-unsaturated/α-hetero) is 1. The number of rotatable bonds is 8. The smallest absolute Gasteiger partial charge is 0.337 e. The largest absolute Gasteiger partial charge is 0.497 e. The third kappa shape index (κ3) is 4.02. The number of methoxy groups -OCH3 is 1. The predicted octanol–water partition coefficient (Wildman–Crippen LogP) is 3.73. The Morgan fingerprint density at radius 2 is 1.96 bits per heavy atom. The average molecular weight is 339 g/mol. The molecular weight excluding hydrogens is 317 g/mol. The summed E-state index contributed by atoms with van der Waals surface area (Å²) in [6.07, 6.45) is 1.95. The van der Waals surface area contributed by atoms with E-state index in [1.54, 1.807) is 7.11 Å². The van der Waals surface area contributed by atoms with E-state index in [0.29, 0.717) is 0 Å². The maximum absolute atomic E-state index is 12.2. The summed E-state index contributed by atoms with van der Waals surface area (Å²) in [5.74, 6) is 0.590. The molecule has 0 unspecified atom stereocenters. The standard InChI is InChI=1S/C16H22NO5P/c1-11(7-12(18)10-23(19,21-3)22-4)15-9-17-16-6-5-13(20-2)8-14(15)16/h5-6,8-9,11,17H,7,10H2,1-4H3/t11-/m0/s1. The number of benzene rings is 1. The van der Waals surface area contributed by atoms with Gasteiger partial charge in [0.1, 0.15) is 17.7 Å². The first-order valence-electron chi connectivity index (χ1n) is 7.29. The van der Waals surface area contributed by atoms with Gasteiger partial charge in [0.2, 0.25) is 0 Å². The number of nitrogens with one attached hydrogen (secondary N) is 1. The number of carbonyl (C=O) groups excluding carboxylic acids is 1. The minimum atomic E-state index is -3.31. The molecule has 2 aromatic rings. The topological polar surface area (TPSA) is 77.6 Å². The highest BCUT2D eigenvalue weighted by Crippen LogP contribution is 2.46. The van der Waals surface area contributed by atoms with Gasteiger partial charge in [-0.05, 0) is 29.7 Å². The molecule has 1 N–H and O–H groups in total. The molecule has 0 fully saturated rings. The van der Waals surface area contributed by atoms with E-state index in [0.717, 1.165) is 22.2 Å². The second kappa shape index (κ2) is 7.30. The van der Waals surface area contributed by atoms with Crippen molar-refractivity contribution in [1.29, 1.82) is 0 Å². The Kier molecular flexibility index (Phi) is 5.63. The van der Waals surface area contributed by atoms with E-state index >= 15 is 0 Å². The van der Waals surface area contributed by atoms with Crippen LogP contribution in [0.15, 0.2) is 24.4 Å². The van der Waals surface area contributed by atoms with Gasteiger partial charge in [0.25, 0.3) is 0 Å². The van der Waals surface area contributed by atoms with Crippen LogP contribution >= 0.6 is 7.60 Å². The molecule has 1 aromatic heterocycles. The lowest BCUT2D eigenvalue weighted by molar-refractivity contribution is -0.117. The van der Waals surface area contributed by atoms with Gasteiger partial charge in [0.05, 0.1) is 7.11 Å². The fourth-order valence-corrected chi connectivity index (χ4v) is 3.56. The Labute approximate surface area is 135 Å². The molecule has 0 spiro atoms. The summed E-state index contributed by atoms with van der Waals surface area (Å²) in [5.41, 5.74) is 2.01. The molecule has 0 saturated heterocycles. The summed E-state index contributed by atoms with van der Waals surface area (Å²) in [4.78, 5) is 15.4. The molecule has 1 aromatic carbocycles. The zero-order valence-electron chi connectivity index (χ0n) is 13.8. The number of aromatic amines is 1. The van der Waals surface area contributed by atoms with E-state index in [2.05, 4.69) is 4.98 Å². The van der Waals surface area contributed by atoms with Gasteiger partial charge >= 0.3 is 7.60 Å². The Hall–Kier alpha value is -1.62. The number of ether oxygens (including phenoxy) is 1. The molecule has 0 amide bonds. The number of aromatic nitrogens is 1. The molecule has 23 heavy (non-hydrogen) atoms. The Morgan fingerprint density at radius 1 is 1.26 bits per heavy atom. The van der Waals surface area contributed by atoms with E-state index in [4.69, 9.17) is 13.8 Å². The molecule has 0 saturated carbocycles. The minimum absolute atomic E-state index is 0.0227. The SMILES string of the molecule is COc1ccc2[nH]cc([C@@H](C)CC(=O)CP(=O)(OC)OC)c2c1. The molecule has 0 radical (unpaired) electrons.